The van der Waals surface area contributed by atoms with Gasteiger partial charge in [0, 0.05) is 47.3 Å². The standard InChI is InChI=1S/C39H62O10/c1-13-21(5)17-30(40)23(7)18-27(15-3)34(43)35(44)29(20-28(16-4)38(47)49-48-12)19-24(8)32(41)36(45)31-25(9)39(11,26(31)10)37(46)33(42)22(6)14-2/h21-29,31H,13-20H2,1-12H3. The molecule has 0 heterocycles. The van der Waals surface area contributed by atoms with E-state index in [4.69, 9.17) is 4.89 Å². The summed E-state index contributed by atoms with van der Waals surface area (Å²) in [6.45, 7) is 19.4. The van der Waals surface area contributed by atoms with Crippen LogP contribution in [0.5, 0.6) is 0 Å². The molecule has 10 nitrogen and oxygen atoms in total. The van der Waals surface area contributed by atoms with Crippen LogP contribution in [0.15, 0.2) is 0 Å². The Hall–Kier alpha value is -2.88. The Balaban J connectivity index is 3.28. The maximum Gasteiger partial charge on any atom is 0.345 e. The normalized spacial score (nSPS) is 24.6. The molecule has 278 valence electrons. The number of carbonyl (C=O) groups is 8. The van der Waals surface area contributed by atoms with Gasteiger partial charge in [-0.15, -0.1) is 0 Å². The quantitative estimate of drug-likeness (QED) is 0.0616. The lowest BCUT2D eigenvalue weighted by Crippen LogP contribution is -2.62. The lowest BCUT2D eigenvalue weighted by molar-refractivity contribution is -0.259. The minimum Gasteiger partial charge on any atom is -0.299 e. The number of hydrogen-bond donors (Lipinski definition) is 0. The molecule has 10 heteroatoms. The number of rotatable bonds is 24. The van der Waals surface area contributed by atoms with E-state index in [2.05, 4.69) is 4.89 Å². The van der Waals surface area contributed by atoms with Crippen molar-refractivity contribution < 1.29 is 48.1 Å². The summed E-state index contributed by atoms with van der Waals surface area (Å²) in [7, 11) is 1.18. The van der Waals surface area contributed by atoms with Crippen LogP contribution in [0.1, 0.15) is 128 Å². The summed E-state index contributed by atoms with van der Waals surface area (Å²) in [5, 5.41) is 0. The van der Waals surface area contributed by atoms with E-state index < -0.39 is 99.3 Å². The number of Topliss-reactive ketones (excluding diaryl/α,β-unsaturated/α-hetero) is 7. The van der Waals surface area contributed by atoms with Crippen LogP contribution in [0.2, 0.25) is 0 Å². The maximum absolute atomic E-state index is 13.9. The summed E-state index contributed by atoms with van der Waals surface area (Å²) in [5.41, 5.74) is -1.08. The molecule has 0 N–H and O–H groups in total. The zero-order valence-corrected chi connectivity index (χ0v) is 32.0. The van der Waals surface area contributed by atoms with Crippen LogP contribution in [-0.2, 0) is 48.1 Å². The summed E-state index contributed by atoms with van der Waals surface area (Å²) >= 11 is 0. The Labute approximate surface area is 293 Å². The monoisotopic (exact) mass is 690 g/mol. The average molecular weight is 691 g/mol. The highest BCUT2D eigenvalue weighted by Crippen LogP contribution is 2.57. The van der Waals surface area contributed by atoms with Crippen molar-refractivity contribution in [1.82, 2.24) is 0 Å². The molecule has 1 fully saturated rings. The van der Waals surface area contributed by atoms with Crippen LogP contribution in [-0.4, -0.2) is 53.6 Å². The molecule has 0 aromatic carbocycles. The summed E-state index contributed by atoms with van der Waals surface area (Å²) in [5.74, 6) is -10.5. The third kappa shape index (κ3) is 10.3. The molecule has 1 saturated carbocycles. The topological polar surface area (TPSA) is 155 Å². The van der Waals surface area contributed by atoms with Crippen molar-refractivity contribution in [3.05, 3.63) is 0 Å². The first kappa shape index (κ1) is 44.1. The fraction of sp³-hybridized carbons (Fsp3) is 0.795. The van der Waals surface area contributed by atoms with E-state index in [0.717, 1.165) is 6.42 Å². The van der Waals surface area contributed by atoms with E-state index in [0.29, 0.717) is 19.3 Å². The van der Waals surface area contributed by atoms with Gasteiger partial charge in [-0.2, -0.15) is 4.89 Å². The fourth-order valence-corrected chi connectivity index (χ4v) is 7.30. The van der Waals surface area contributed by atoms with Gasteiger partial charge in [-0.05, 0) is 56.3 Å². The van der Waals surface area contributed by atoms with Crippen LogP contribution in [0.25, 0.3) is 0 Å². The Morgan fingerprint density at radius 3 is 1.59 bits per heavy atom. The minimum absolute atomic E-state index is 0.0391. The first-order valence-electron chi connectivity index (χ1n) is 18.3. The van der Waals surface area contributed by atoms with Crippen molar-refractivity contribution in [2.45, 2.75) is 128 Å². The first-order valence-corrected chi connectivity index (χ1v) is 18.3. The smallest absolute Gasteiger partial charge is 0.299 e. The van der Waals surface area contributed by atoms with Gasteiger partial charge in [0.05, 0.1) is 13.0 Å². The average Bonchev–Trinajstić information content (AvgIpc) is 3.09. The van der Waals surface area contributed by atoms with Crippen LogP contribution < -0.4 is 0 Å². The van der Waals surface area contributed by atoms with Crippen LogP contribution in [0.3, 0.4) is 0 Å². The van der Waals surface area contributed by atoms with Gasteiger partial charge in [-0.1, -0.05) is 82.6 Å². The third-order valence-corrected chi connectivity index (χ3v) is 11.8. The van der Waals surface area contributed by atoms with Gasteiger partial charge in [-0.25, -0.2) is 4.79 Å². The zero-order valence-electron chi connectivity index (χ0n) is 32.0. The Morgan fingerprint density at radius 1 is 0.612 bits per heavy atom. The van der Waals surface area contributed by atoms with E-state index in [1.165, 1.54) is 14.0 Å². The van der Waals surface area contributed by atoms with E-state index >= 15 is 0 Å². The molecule has 0 aromatic heterocycles. The molecule has 0 aromatic rings. The first-order chi connectivity index (χ1) is 22.8. The zero-order chi connectivity index (χ0) is 38.0. The number of hydrogen-bond acceptors (Lipinski definition) is 10. The summed E-state index contributed by atoms with van der Waals surface area (Å²) in [4.78, 5) is 116. The molecular formula is C39H62O10. The van der Waals surface area contributed by atoms with Crippen molar-refractivity contribution in [1.29, 1.82) is 0 Å². The Kier molecular flexibility index (Phi) is 17.6. The number of carbonyl (C=O) groups excluding carboxylic acids is 8. The number of ketones is 7. The SMILES string of the molecule is CCC(C)CC(=O)C(C)CC(CC)C(=O)C(=O)C(CC(C)C(=O)C(=O)C1C(C)C(C)(C(=O)C(=O)C(C)CC)C1C)CC(CC)C(=O)OOC. The highest BCUT2D eigenvalue weighted by atomic mass is 17.2. The molecule has 0 aliphatic heterocycles. The molecule has 0 bridgehead atoms. The van der Waals surface area contributed by atoms with Gasteiger partial charge in [0.25, 0.3) is 0 Å². The molecule has 49 heavy (non-hydrogen) atoms. The lowest BCUT2D eigenvalue weighted by atomic mass is 9.45. The lowest BCUT2D eigenvalue weighted by Gasteiger charge is -2.55. The molecule has 0 saturated heterocycles. The highest BCUT2D eigenvalue weighted by molar-refractivity contribution is 6.42. The molecular weight excluding hydrogens is 628 g/mol. The summed E-state index contributed by atoms with van der Waals surface area (Å²) < 4.78 is 0. The van der Waals surface area contributed by atoms with Crippen molar-refractivity contribution in [3.8, 4) is 0 Å². The second-order valence-corrected chi connectivity index (χ2v) is 15.0. The summed E-state index contributed by atoms with van der Waals surface area (Å²) in [6.07, 6.45) is 2.35. The largest absolute Gasteiger partial charge is 0.345 e. The van der Waals surface area contributed by atoms with Gasteiger partial charge in [0.15, 0.2) is 0 Å². The Bertz CT molecular complexity index is 1220. The van der Waals surface area contributed by atoms with Gasteiger partial charge in [0.2, 0.25) is 34.7 Å². The van der Waals surface area contributed by atoms with Gasteiger partial charge in [0.1, 0.15) is 5.78 Å². The highest BCUT2D eigenvalue weighted by Gasteiger charge is 2.63. The third-order valence-electron chi connectivity index (χ3n) is 11.8. The fourth-order valence-electron chi connectivity index (χ4n) is 7.30. The molecule has 1 aliphatic rings. The van der Waals surface area contributed by atoms with Crippen molar-refractivity contribution in [3.63, 3.8) is 0 Å². The van der Waals surface area contributed by atoms with Crippen molar-refractivity contribution in [2.75, 3.05) is 7.11 Å². The van der Waals surface area contributed by atoms with Crippen LogP contribution in [0.4, 0.5) is 0 Å². The van der Waals surface area contributed by atoms with Crippen molar-refractivity contribution >= 4 is 46.5 Å². The van der Waals surface area contributed by atoms with E-state index in [-0.39, 0.29) is 37.4 Å². The van der Waals surface area contributed by atoms with E-state index in [1.807, 2.05) is 20.8 Å². The van der Waals surface area contributed by atoms with Crippen LogP contribution >= 0.6 is 0 Å². The van der Waals surface area contributed by atoms with Gasteiger partial charge in [-0.3, -0.25) is 38.4 Å². The molecule has 0 spiro atoms. The molecule has 9 unspecified atom stereocenters. The van der Waals surface area contributed by atoms with E-state index in [9.17, 15) is 38.4 Å². The second-order valence-electron chi connectivity index (χ2n) is 15.0. The van der Waals surface area contributed by atoms with Gasteiger partial charge < -0.3 is 0 Å². The summed E-state index contributed by atoms with van der Waals surface area (Å²) in [6, 6.07) is 0. The molecule has 1 aliphatic carbocycles. The maximum atomic E-state index is 13.9. The molecule has 1 rings (SSSR count). The Morgan fingerprint density at radius 2 is 1.12 bits per heavy atom. The van der Waals surface area contributed by atoms with E-state index in [1.54, 1.807) is 48.5 Å². The van der Waals surface area contributed by atoms with Gasteiger partial charge >= 0.3 is 5.97 Å². The minimum atomic E-state index is -1.08. The van der Waals surface area contributed by atoms with Crippen LogP contribution in [0, 0.1) is 64.6 Å². The molecule has 9 atom stereocenters. The predicted molar refractivity (Wildman–Crippen MR) is 185 cm³/mol. The van der Waals surface area contributed by atoms with Crippen molar-refractivity contribution in [2.24, 2.45) is 64.6 Å². The molecule has 0 radical (unpaired) electrons. The predicted octanol–water partition coefficient (Wildman–Crippen LogP) is 6.58. The molecule has 0 amide bonds. The second kappa shape index (κ2) is 19.5.